The Bertz CT molecular complexity index is 570. The van der Waals surface area contributed by atoms with Gasteiger partial charge in [-0.3, -0.25) is 0 Å². The Morgan fingerprint density at radius 3 is 2.95 bits per heavy atom. The Hall–Kier alpha value is -1.14. The van der Waals surface area contributed by atoms with Crippen LogP contribution in [0.2, 0.25) is 0 Å². The molecule has 6 heteroatoms. The molecule has 110 valence electrons. The van der Waals surface area contributed by atoms with E-state index in [1.54, 1.807) is 0 Å². The van der Waals surface area contributed by atoms with E-state index in [-0.39, 0.29) is 5.75 Å². The molecule has 1 aromatic heterocycles. The van der Waals surface area contributed by atoms with Gasteiger partial charge >= 0.3 is 0 Å². The average Bonchev–Trinajstić information content (AvgIpc) is 3.24. The summed E-state index contributed by atoms with van der Waals surface area (Å²) in [4.78, 5) is 6.49. The van der Waals surface area contributed by atoms with Crippen molar-refractivity contribution in [2.45, 2.75) is 31.8 Å². The smallest absolute Gasteiger partial charge is 0.152 e. The van der Waals surface area contributed by atoms with Gasteiger partial charge in [0, 0.05) is 31.9 Å². The Morgan fingerprint density at radius 2 is 2.15 bits per heavy atom. The van der Waals surface area contributed by atoms with Crippen LogP contribution in [0.3, 0.4) is 0 Å². The molecule has 0 atom stereocenters. The van der Waals surface area contributed by atoms with E-state index in [2.05, 4.69) is 21.3 Å². The lowest BCUT2D eigenvalue weighted by Gasteiger charge is -2.21. The van der Waals surface area contributed by atoms with Crippen molar-refractivity contribution in [1.82, 2.24) is 10.3 Å². The summed E-state index contributed by atoms with van der Waals surface area (Å²) in [6.07, 6.45) is 5.07. The second-order valence-electron chi connectivity index (χ2n) is 5.67. The molecule has 1 saturated heterocycles. The Morgan fingerprint density at radius 1 is 1.30 bits per heavy atom. The van der Waals surface area contributed by atoms with Crippen LogP contribution >= 0.6 is 0 Å². The SMILES string of the molecule is O=S1(=O)CCCN(c2cc(CNC3CC3)ccn2)CC1. The highest BCUT2D eigenvalue weighted by Crippen LogP contribution is 2.20. The zero-order valence-corrected chi connectivity index (χ0v) is 12.4. The lowest BCUT2D eigenvalue weighted by Crippen LogP contribution is -2.27. The zero-order chi connectivity index (χ0) is 14.0. The minimum Gasteiger partial charge on any atom is -0.356 e. The lowest BCUT2D eigenvalue weighted by atomic mass is 10.2. The molecule has 0 aromatic carbocycles. The van der Waals surface area contributed by atoms with Gasteiger partial charge in [0.2, 0.25) is 0 Å². The first-order chi connectivity index (χ1) is 9.62. The molecule has 1 N–H and O–H groups in total. The van der Waals surface area contributed by atoms with Crippen LogP contribution in [0.5, 0.6) is 0 Å². The maximum Gasteiger partial charge on any atom is 0.152 e. The van der Waals surface area contributed by atoms with Gasteiger partial charge in [0.05, 0.1) is 11.5 Å². The molecule has 3 rings (SSSR count). The minimum atomic E-state index is -2.87. The van der Waals surface area contributed by atoms with Crippen molar-refractivity contribution in [1.29, 1.82) is 0 Å². The third kappa shape index (κ3) is 3.70. The predicted molar refractivity (Wildman–Crippen MR) is 79.6 cm³/mol. The van der Waals surface area contributed by atoms with E-state index in [4.69, 9.17) is 0 Å². The minimum absolute atomic E-state index is 0.235. The van der Waals surface area contributed by atoms with Gasteiger partial charge in [0.25, 0.3) is 0 Å². The van der Waals surface area contributed by atoms with E-state index in [1.165, 1.54) is 18.4 Å². The third-order valence-electron chi connectivity index (χ3n) is 3.86. The highest BCUT2D eigenvalue weighted by Gasteiger charge is 2.21. The van der Waals surface area contributed by atoms with Gasteiger partial charge < -0.3 is 10.2 Å². The topological polar surface area (TPSA) is 62.3 Å². The molecule has 1 saturated carbocycles. The monoisotopic (exact) mass is 295 g/mol. The Labute approximate surface area is 120 Å². The van der Waals surface area contributed by atoms with Crippen LogP contribution in [0.1, 0.15) is 24.8 Å². The van der Waals surface area contributed by atoms with Gasteiger partial charge in [0.15, 0.2) is 9.84 Å². The molecule has 0 unspecified atom stereocenters. The molecule has 2 heterocycles. The van der Waals surface area contributed by atoms with Gasteiger partial charge in [-0.2, -0.15) is 0 Å². The summed E-state index contributed by atoms with van der Waals surface area (Å²) < 4.78 is 23.3. The number of hydrogen-bond acceptors (Lipinski definition) is 5. The van der Waals surface area contributed by atoms with E-state index in [9.17, 15) is 8.42 Å². The fraction of sp³-hybridized carbons (Fsp3) is 0.643. The summed E-state index contributed by atoms with van der Waals surface area (Å²) in [6, 6.07) is 4.79. The highest BCUT2D eigenvalue weighted by atomic mass is 32.2. The number of rotatable bonds is 4. The standard InChI is InChI=1S/C14H21N3O2S/c18-20(19)8-1-6-17(7-9-20)14-10-12(4-5-15-14)11-16-13-2-3-13/h4-5,10,13,16H,1-3,6-9,11H2. The molecule has 0 bridgehead atoms. The molecule has 1 aromatic rings. The quantitative estimate of drug-likeness (QED) is 0.896. The molecular formula is C14H21N3O2S. The number of nitrogens with zero attached hydrogens (tertiary/aromatic N) is 2. The third-order valence-corrected chi connectivity index (χ3v) is 5.58. The summed E-state index contributed by atoms with van der Waals surface area (Å²) in [6.45, 7) is 2.19. The Kier molecular flexibility index (Phi) is 3.94. The van der Waals surface area contributed by atoms with Crippen molar-refractivity contribution in [3.63, 3.8) is 0 Å². The second-order valence-corrected chi connectivity index (χ2v) is 7.97. The molecule has 5 nitrogen and oxygen atoms in total. The van der Waals surface area contributed by atoms with Crippen molar-refractivity contribution in [2.24, 2.45) is 0 Å². The Balaban J connectivity index is 1.67. The summed E-state index contributed by atoms with van der Waals surface area (Å²) in [5.41, 5.74) is 1.22. The lowest BCUT2D eigenvalue weighted by molar-refractivity contribution is 0.597. The number of anilines is 1. The number of nitrogens with one attached hydrogen (secondary N) is 1. The first-order valence-corrected chi connectivity index (χ1v) is 9.08. The van der Waals surface area contributed by atoms with Gasteiger partial charge in [0.1, 0.15) is 5.82 Å². The van der Waals surface area contributed by atoms with Crippen molar-refractivity contribution in [3.05, 3.63) is 23.9 Å². The molecule has 1 aliphatic carbocycles. The van der Waals surface area contributed by atoms with E-state index in [0.29, 0.717) is 24.8 Å². The first-order valence-electron chi connectivity index (χ1n) is 7.26. The average molecular weight is 295 g/mol. The van der Waals surface area contributed by atoms with E-state index >= 15 is 0 Å². The predicted octanol–water partition coefficient (Wildman–Crippen LogP) is 0.959. The summed E-state index contributed by atoms with van der Waals surface area (Å²) in [7, 11) is -2.87. The van der Waals surface area contributed by atoms with E-state index in [0.717, 1.165) is 18.9 Å². The summed E-state index contributed by atoms with van der Waals surface area (Å²) >= 11 is 0. The molecule has 2 fully saturated rings. The van der Waals surface area contributed by atoms with E-state index < -0.39 is 9.84 Å². The van der Waals surface area contributed by atoms with Crippen molar-refractivity contribution < 1.29 is 8.42 Å². The summed E-state index contributed by atoms with van der Waals surface area (Å²) in [5.74, 6) is 1.43. The van der Waals surface area contributed by atoms with Crippen LogP contribution in [0, 0.1) is 0 Å². The highest BCUT2D eigenvalue weighted by molar-refractivity contribution is 7.91. The number of pyridine rings is 1. The molecule has 1 aliphatic heterocycles. The van der Waals surface area contributed by atoms with Crippen LogP contribution in [0.15, 0.2) is 18.3 Å². The van der Waals surface area contributed by atoms with Crippen molar-refractivity contribution in [2.75, 3.05) is 29.5 Å². The van der Waals surface area contributed by atoms with E-state index in [1.807, 2.05) is 12.3 Å². The van der Waals surface area contributed by atoms with Crippen LogP contribution in [0.4, 0.5) is 5.82 Å². The largest absolute Gasteiger partial charge is 0.356 e. The normalized spacial score (nSPS) is 22.5. The first kappa shape index (κ1) is 13.8. The van der Waals surface area contributed by atoms with Gasteiger partial charge in [-0.1, -0.05) is 0 Å². The maximum atomic E-state index is 11.6. The maximum absolute atomic E-state index is 11.6. The molecule has 2 aliphatic rings. The molecular weight excluding hydrogens is 274 g/mol. The van der Waals surface area contributed by atoms with Crippen LogP contribution in [-0.2, 0) is 16.4 Å². The molecule has 0 amide bonds. The fourth-order valence-electron chi connectivity index (χ4n) is 2.46. The molecule has 0 spiro atoms. The number of aromatic nitrogens is 1. The second kappa shape index (κ2) is 5.69. The van der Waals surface area contributed by atoms with Gasteiger partial charge in [-0.15, -0.1) is 0 Å². The number of sulfone groups is 1. The number of hydrogen-bond donors (Lipinski definition) is 1. The van der Waals surface area contributed by atoms with Gasteiger partial charge in [-0.05, 0) is 37.0 Å². The van der Waals surface area contributed by atoms with Gasteiger partial charge in [-0.25, -0.2) is 13.4 Å². The van der Waals surface area contributed by atoms with Crippen molar-refractivity contribution >= 4 is 15.7 Å². The summed E-state index contributed by atoms with van der Waals surface area (Å²) in [5, 5.41) is 3.49. The van der Waals surface area contributed by atoms with Crippen LogP contribution < -0.4 is 10.2 Å². The fourth-order valence-corrected chi connectivity index (χ4v) is 3.73. The van der Waals surface area contributed by atoms with Crippen molar-refractivity contribution in [3.8, 4) is 0 Å². The zero-order valence-electron chi connectivity index (χ0n) is 11.6. The van der Waals surface area contributed by atoms with Crippen LogP contribution in [0.25, 0.3) is 0 Å². The molecule has 0 radical (unpaired) electrons. The molecule has 20 heavy (non-hydrogen) atoms. The van der Waals surface area contributed by atoms with Crippen LogP contribution in [-0.4, -0.2) is 44.0 Å².